The van der Waals surface area contributed by atoms with Crippen molar-refractivity contribution in [2.75, 3.05) is 17.1 Å². The molecule has 0 aliphatic carbocycles. The maximum atomic E-state index is 13.5. The SMILES string of the molecule is CC[C@@H](C)NC(=O)[C@H](CC)N(Cc1ccc(C)cc1)C(=O)CN(c1ccc(F)cc1)S(C)(=O)=O. The van der Waals surface area contributed by atoms with Crippen LogP contribution in [0, 0.1) is 12.7 Å². The number of amides is 2. The van der Waals surface area contributed by atoms with Gasteiger partial charge in [0.1, 0.15) is 18.4 Å². The van der Waals surface area contributed by atoms with Crippen LogP contribution in [0.4, 0.5) is 10.1 Å². The number of rotatable bonds is 11. The molecule has 0 saturated heterocycles. The first kappa shape index (κ1) is 27.3. The number of hydrogen-bond acceptors (Lipinski definition) is 4. The largest absolute Gasteiger partial charge is 0.352 e. The average Bonchev–Trinajstić information content (AvgIpc) is 2.78. The highest BCUT2D eigenvalue weighted by Gasteiger charge is 2.32. The molecule has 0 aliphatic heterocycles. The van der Waals surface area contributed by atoms with E-state index >= 15 is 0 Å². The summed E-state index contributed by atoms with van der Waals surface area (Å²) in [6.07, 6.45) is 2.08. The van der Waals surface area contributed by atoms with Crippen LogP contribution < -0.4 is 9.62 Å². The van der Waals surface area contributed by atoms with Gasteiger partial charge in [0.2, 0.25) is 21.8 Å². The van der Waals surface area contributed by atoms with Crippen LogP contribution >= 0.6 is 0 Å². The van der Waals surface area contributed by atoms with Crippen molar-refractivity contribution in [3.63, 3.8) is 0 Å². The Morgan fingerprint density at radius 2 is 1.59 bits per heavy atom. The number of nitrogens with zero attached hydrogens (tertiary/aromatic N) is 2. The number of halogens is 1. The van der Waals surface area contributed by atoms with Gasteiger partial charge in [-0.15, -0.1) is 0 Å². The van der Waals surface area contributed by atoms with Gasteiger partial charge in [0.25, 0.3) is 0 Å². The van der Waals surface area contributed by atoms with Gasteiger partial charge in [-0.1, -0.05) is 43.7 Å². The molecule has 0 heterocycles. The molecule has 0 aliphatic rings. The van der Waals surface area contributed by atoms with E-state index in [0.717, 1.165) is 40.2 Å². The Hall–Kier alpha value is -2.94. The minimum atomic E-state index is -3.85. The number of sulfonamides is 1. The molecule has 0 unspecified atom stereocenters. The van der Waals surface area contributed by atoms with E-state index in [4.69, 9.17) is 0 Å². The second-order valence-electron chi connectivity index (χ2n) is 8.50. The summed E-state index contributed by atoms with van der Waals surface area (Å²) in [5, 5.41) is 2.93. The van der Waals surface area contributed by atoms with Crippen molar-refractivity contribution in [3.05, 3.63) is 65.5 Å². The molecule has 9 heteroatoms. The van der Waals surface area contributed by atoms with Crippen molar-refractivity contribution in [3.8, 4) is 0 Å². The lowest BCUT2D eigenvalue weighted by Gasteiger charge is -2.33. The normalized spacial score (nSPS) is 13.1. The van der Waals surface area contributed by atoms with E-state index in [0.29, 0.717) is 6.42 Å². The summed E-state index contributed by atoms with van der Waals surface area (Å²) in [4.78, 5) is 28.0. The molecule has 2 atom stereocenters. The van der Waals surface area contributed by atoms with E-state index in [1.807, 2.05) is 52.0 Å². The molecule has 0 bridgehead atoms. The molecule has 0 saturated carbocycles. The van der Waals surface area contributed by atoms with Crippen LogP contribution in [0.5, 0.6) is 0 Å². The highest BCUT2D eigenvalue weighted by Crippen LogP contribution is 2.20. The summed E-state index contributed by atoms with van der Waals surface area (Å²) >= 11 is 0. The Kier molecular flexibility index (Phi) is 9.61. The molecular formula is C25H34FN3O4S. The van der Waals surface area contributed by atoms with E-state index < -0.39 is 34.3 Å². The molecule has 0 spiro atoms. The van der Waals surface area contributed by atoms with Crippen molar-refractivity contribution >= 4 is 27.5 Å². The fourth-order valence-electron chi connectivity index (χ4n) is 3.47. The summed E-state index contributed by atoms with van der Waals surface area (Å²) < 4.78 is 39.3. The fourth-order valence-corrected chi connectivity index (χ4v) is 4.32. The topological polar surface area (TPSA) is 86.8 Å². The zero-order valence-electron chi connectivity index (χ0n) is 20.4. The zero-order chi connectivity index (χ0) is 25.5. The van der Waals surface area contributed by atoms with Gasteiger partial charge in [0.05, 0.1) is 11.9 Å². The van der Waals surface area contributed by atoms with Crippen molar-refractivity contribution in [2.45, 2.75) is 59.2 Å². The first-order chi connectivity index (χ1) is 16.0. The minimum Gasteiger partial charge on any atom is -0.352 e. The maximum absolute atomic E-state index is 13.5. The van der Waals surface area contributed by atoms with Crippen LogP contribution in [0.2, 0.25) is 0 Å². The van der Waals surface area contributed by atoms with Crippen molar-refractivity contribution in [1.82, 2.24) is 10.2 Å². The molecule has 0 fully saturated rings. The van der Waals surface area contributed by atoms with Crippen LogP contribution in [0.1, 0.15) is 44.7 Å². The highest BCUT2D eigenvalue weighted by molar-refractivity contribution is 7.92. The van der Waals surface area contributed by atoms with Crippen molar-refractivity contribution < 1.29 is 22.4 Å². The lowest BCUT2D eigenvalue weighted by Crippen LogP contribution is -2.53. The van der Waals surface area contributed by atoms with Gasteiger partial charge in [-0.2, -0.15) is 0 Å². The summed E-state index contributed by atoms with van der Waals surface area (Å²) in [5.74, 6) is -1.33. The molecule has 0 radical (unpaired) electrons. The Bertz CT molecular complexity index is 1070. The predicted octanol–water partition coefficient (Wildman–Crippen LogP) is 3.62. The second-order valence-corrected chi connectivity index (χ2v) is 10.4. The summed E-state index contributed by atoms with van der Waals surface area (Å²) in [6.45, 7) is 7.24. The number of carbonyl (C=O) groups is 2. The fraction of sp³-hybridized carbons (Fsp3) is 0.440. The molecule has 34 heavy (non-hydrogen) atoms. The molecule has 2 aromatic carbocycles. The van der Waals surface area contributed by atoms with Crippen LogP contribution in [-0.2, 0) is 26.2 Å². The van der Waals surface area contributed by atoms with E-state index in [1.165, 1.54) is 17.0 Å². The number of anilines is 1. The maximum Gasteiger partial charge on any atom is 0.244 e. The third kappa shape index (κ3) is 7.55. The number of hydrogen-bond donors (Lipinski definition) is 1. The number of nitrogens with one attached hydrogen (secondary N) is 1. The molecule has 1 N–H and O–H groups in total. The summed E-state index contributed by atoms with van der Waals surface area (Å²) in [6, 6.07) is 11.6. The van der Waals surface area contributed by atoms with Crippen LogP contribution in [0.15, 0.2) is 48.5 Å². The predicted molar refractivity (Wildman–Crippen MR) is 132 cm³/mol. The van der Waals surface area contributed by atoms with Crippen LogP contribution in [-0.4, -0.2) is 50.0 Å². The monoisotopic (exact) mass is 491 g/mol. The molecule has 2 rings (SSSR count). The standard InChI is InChI=1S/C25H34FN3O4S/c1-6-19(4)27-25(31)23(7-2)28(16-20-10-8-18(3)9-11-20)24(30)17-29(34(5,32)33)22-14-12-21(26)13-15-22/h8-15,19,23H,6-7,16-17H2,1-5H3,(H,27,31)/t19-,23+/m1/s1. The number of aryl methyl sites for hydroxylation is 1. The quantitative estimate of drug-likeness (QED) is 0.520. The van der Waals surface area contributed by atoms with Gasteiger partial charge >= 0.3 is 0 Å². The molecule has 7 nitrogen and oxygen atoms in total. The highest BCUT2D eigenvalue weighted by atomic mass is 32.2. The summed E-state index contributed by atoms with van der Waals surface area (Å²) in [5.41, 5.74) is 2.05. The van der Waals surface area contributed by atoms with Crippen LogP contribution in [0.3, 0.4) is 0 Å². The van der Waals surface area contributed by atoms with Gasteiger partial charge in [0, 0.05) is 12.6 Å². The smallest absolute Gasteiger partial charge is 0.244 e. The van der Waals surface area contributed by atoms with Crippen molar-refractivity contribution in [2.24, 2.45) is 0 Å². The number of carbonyl (C=O) groups excluding carboxylic acids is 2. The zero-order valence-corrected chi connectivity index (χ0v) is 21.2. The second kappa shape index (κ2) is 12.0. The van der Waals surface area contributed by atoms with Gasteiger partial charge in [-0.25, -0.2) is 12.8 Å². The van der Waals surface area contributed by atoms with Crippen LogP contribution in [0.25, 0.3) is 0 Å². The summed E-state index contributed by atoms with van der Waals surface area (Å²) in [7, 11) is -3.85. The van der Waals surface area contributed by atoms with E-state index in [1.54, 1.807) is 0 Å². The van der Waals surface area contributed by atoms with E-state index in [2.05, 4.69) is 5.32 Å². The Morgan fingerprint density at radius 3 is 2.09 bits per heavy atom. The van der Waals surface area contributed by atoms with Crippen molar-refractivity contribution in [1.29, 1.82) is 0 Å². The number of benzene rings is 2. The van der Waals surface area contributed by atoms with Gasteiger partial charge in [-0.3, -0.25) is 13.9 Å². The third-order valence-corrected chi connectivity index (χ3v) is 6.79. The Morgan fingerprint density at radius 1 is 1.00 bits per heavy atom. The lowest BCUT2D eigenvalue weighted by molar-refractivity contribution is -0.140. The first-order valence-electron chi connectivity index (χ1n) is 11.3. The first-order valence-corrected chi connectivity index (χ1v) is 13.2. The molecular weight excluding hydrogens is 457 g/mol. The third-order valence-electron chi connectivity index (χ3n) is 5.65. The van der Waals surface area contributed by atoms with Gasteiger partial charge < -0.3 is 10.2 Å². The molecule has 2 amide bonds. The Labute approximate surface area is 202 Å². The van der Waals surface area contributed by atoms with Gasteiger partial charge in [0.15, 0.2) is 0 Å². The molecule has 0 aromatic heterocycles. The van der Waals surface area contributed by atoms with E-state index in [9.17, 15) is 22.4 Å². The molecule has 186 valence electrons. The lowest BCUT2D eigenvalue weighted by atomic mass is 10.1. The van der Waals surface area contributed by atoms with E-state index in [-0.39, 0.29) is 24.2 Å². The molecule has 2 aromatic rings. The minimum absolute atomic E-state index is 0.0652. The Balaban J connectivity index is 2.41. The average molecular weight is 492 g/mol. The van der Waals surface area contributed by atoms with Gasteiger partial charge in [-0.05, 0) is 56.5 Å².